The Morgan fingerprint density at radius 3 is 2.44 bits per heavy atom. The molecule has 16 heavy (non-hydrogen) atoms. The van der Waals surface area contributed by atoms with Crippen molar-refractivity contribution in [2.45, 2.75) is 5.03 Å². The molecule has 0 aliphatic heterocycles. The van der Waals surface area contributed by atoms with Crippen LogP contribution in [0.25, 0.3) is 11.0 Å². The van der Waals surface area contributed by atoms with Gasteiger partial charge in [-0.3, -0.25) is 0 Å². The molecule has 0 amide bonds. The fourth-order valence-electron chi connectivity index (χ4n) is 1.23. The van der Waals surface area contributed by atoms with E-state index in [1.54, 1.807) is 18.2 Å². The molecule has 0 aliphatic rings. The Bertz CT molecular complexity index is 671. The third kappa shape index (κ3) is 2.11. The maximum Gasteiger partial charge on any atom is 0.195 e. The maximum absolute atomic E-state index is 11.4. The molecule has 0 fully saturated rings. The average Bonchev–Trinajstić information content (AvgIpc) is 2.14. The van der Waals surface area contributed by atoms with Gasteiger partial charge in [-0.1, -0.05) is 23.2 Å². The lowest BCUT2D eigenvalue weighted by molar-refractivity contribution is 0.598. The van der Waals surface area contributed by atoms with Gasteiger partial charge in [-0.2, -0.15) is 0 Å². The summed E-state index contributed by atoms with van der Waals surface area (Å²) in [5, 5.41) is 0.131. The summed E-state index contributed by atoms with van der Waals surface area (Å²) in [7, 11) is -3.47. The first-order chi connectivity index (χ1) is 7.38. The Labute approximate surface area is 102 Å². The van der Waals surface area contributed by atoms with Gasteiger partial charge in [0, 0.05) is 11.3 Å². The molecule has 0 atom stereocenters. The van der Waals surface area contributed by atoms with Crippen molar-refractivity contribution in [1.29, 1.82) is 0 Å². The predicted octanol–water partition coefficient (Wildman–Crippen LogP) is 2.34. The fraction of sp³-hybridized carbons (Fsp3) is 0.111. The first-order valence-electron chi connectivity index (χ1n) is 4.21. The van der Waals surface area contributed by atoms with E-state index in [-0.39, 0.29) is 10.2 Å². The molecule has 0 saturated carbocycles. The number of hydrogen-bond acceptors (Lipinski definition) is 4. The molecule has 84 valence electrons. The van der Waals surface area contributed by atoms with Crippen molar-refractivity contribution in [3.63, 3.8) is 0 Å². The molecule has 1 heterocycles. The van der Waals surface area contributed by atoms with Crippen LogP contribution < -0.4 is 0 Å². The molecular weight excluding hydrogens is 271 g/mol. The Kier molecular flexibility index (Phi) is 2.77. The smallest absolute Gasteiger partial charge is 0.195 e. The second kappa shape index (κ2) is 3.84. The first kappa shape index (κ1) is 11.6. The third-order valence-corrected chi connectivity index (χ3v) is 3.50. The highest BCUT2D eigenvalue weighted by atomic mass is 35.5. The second-order valence-corrected chi connectivity index (χ2v) is 5.95. The van der Waals surface area contributed by atoms with E-state index in [9.17, 15) is 8.42 Å². The van der Waals surface area contributed by atoms with E-state index in [0.717, 1.165) is 6.26 Å². The average molecular weight is 277 g/mol. The summed E-state index contributed by atoms with van der Waals surface area (Å²) >= 11 is 11.5. The van der Waals surface area contributed by atoms with Crippen LogP contribution in [0, 0.1) is 0 Å². The lowest BCUT2D eigenvalue weighted by Crippen LogP contribution is -2.03. The number of rotatable bonds is 1. The van der Waals surface area contributed by atoms with Crippen LogP contribution in [0.2, 0.25) is 10.2 Å². The van der Waals surface area contributed by atoms with Gasteiger partial charge in [-0.05, 0) is 18.2 Å². The molecular formula is C9H6Cl2N2O2S. The third-order valence-electron chi connectivity index (χ3n) is 1.91. The molecule has 2 rings (SSSR count). The summed E-state index contributed by atoms with van der Waals surface area (Å²) < 4.78 is 22.7. The van der Waals surface area contributed by atoms with Crippen LogP contribution in [0.5, 0.6) is 0 Å². The molecule has 1 aromatic carbocycles. The van der Waals surface area contributed by atoms with Crippen molar-refractivity contribution in [1.82, 2.24) is 9.97 Å². The van der Waals surface area contributed by atoms with Gasteiger partial charge in [0.15, 0.2) is 20.0 Å². The van der Waals surface area contributed by atoms with Gasteiger partial charge < -0.3 is 0 Å². The lowest BCUT2D eigenvalue weighted by atomic mass is 10.3. The number of aromatic nitrogens is 2. The quantitative estimate of drug-likeness (QED) is 0.802. The van der Waals surface area contributed by atoms with Gasteiger partial charge in [0.25, 0.3) is 0 Å². The maximum atomic E-state index is 11.4. The van der Waals surface area contributed by atoms with E-state index in [1.165, 1.54) is 0 Å². The SMILES string of the molecule is CS(=O)(=O)c1nc2ccc(Cl)cc2nc1Cl. The predicted molar refractivity (Wildman–Crippen MR) is 62.7 cm³/mol. The van der Waals surface area contributed by atoms with Crippen molar-refractivity contribution in [2.75, 3.05) is 6.26 Å². The molecule has 0 aliphatic carbocycles. The van der Waals surface area contributed by atoms with Gasteiger partial charge in [0.2, 0.25) is 0 Å². The zero-order valence-electron chi connectivity index (χ0n) is 8.11. The summed E-state index contributed by atoms with van der Waals surface area (Å²) in [5.74, 6) is 0. The molecule has 0 saturated heterocycles. The summed E-state index contributed by atoms with van der Waals surface area (Å²) in [5.41, 5.74) is 0.902. The molecule has 0 unspecified atom stereocenters. The highest BCUT2D eigenvalue weighted by Gasteiger charge is 2.16. The first-order valence-corrected chi connectivity index (χ1v) is 6.85. The van der Waals surface area contributed by atoms with Gasteiger partial charge in [-0.15, -0.1) is 0 Å². The van der Waals surface area contributed by atoms with E-state index in [2.05, 4.69) is 9.97 Å². The molecule has 7 heteroatoms. The highest BCUT2D eigenvalue weighted by molar-refractivity contribution is 7.90. The van der Waals surface area contributed by atoms with Gasteiger partial charge >= 0.3 is 0 Å². The van der Waals surface area contributed by atoms with Crippen LogP contribution in [0.3, 0.4) is 0 Å². The van der Waals surface area contributed by atoms with Crippen molar-refractivity contribution < 1.29 is 8.42 Å². The van der Waals surface area contributed by atoms with Crippen molar-refractivity contribution >= 4 is 44.1 Å². The van der Waals surface area contributed by atoms with E-state index >= 15 is 0 Å². The molecule has 0 N–H and O–H groups in total. The van der Waals surface area contributed by atoms with Crippen LogP contribution in [-0.2, 0) is 9.84 Å². The zero-order chi connectivity index (χ0) is 11.9. The van der Waals surface area contributed by atoms with Crippen LogP contribution in [0.4, 0.5) is 0 Å². The summed E-state index contributed by atoms with van der Waals surface area (Å²) in [6, 6.07) is 4.77. The molecule has 0 radical (unpaired) electrons. The van der Waals surface area contributed by atoms with Crippen LogP contribution in [0.15, 0.2) is 23.2 Å². The molecule has 0 spiro atoms. The molecule has 4 nitrogen and oxygen atoms in total. The number of nitrogens with zero attached hydrogens (tertiary/aromatic N) is 2. The van der Waals surface area contributed by atoms with Gasteiger partial charge in [0.1, 0.15) is 0 Å². The number of benzene rings is 1. The number of hydrogen-bond donors (Lipinski definition) is 0. The lowest BCUT2D eigenvalue weighted by Gasteiger charge is -2.03. The van der Waals surface area contributed by atoms with Crippen molar-refractivity contribution in [2.24, 2.45) is 0 Å². The summed E-state index contributed by atoms with van der Waals surface area (Å²) in [6.07, 6.45) is 1.03. The Balaban J connectivity index is 2.83. The summed E-state index contributed by atoms with van der Waals surface area (Å²) in [6.45, 7) is 0. The largest absolute Gasteiger partial charge is 0.232 e. The minimum absolute atomic E-state index is 0.141. The fourth-order valence-corrected chi connectivity index (χ4v) is 2.56. The van der Waals surface area contributed by atoms with E-state index in [4.69, 9.17) is 23.2 Å². The Hall–Kier alpha value is -0.910. The molecule has 1 aromatic heterocycles. The monoisotopic (exact) mass is 276 g/mol. The van der Waals surface area contributed by atoms with Crippen molar-refractivity contribution in [3.05, 3.63) is 28.4 Å². The van der Waals surface area contributed by atoms with Crippen LogP contribution in [-0.4, -0.2) is 24.6 Å². The minimum atomic E-state index is -3.47. The topological polar surface area (TPSA) is 59.9 Å². The normalized spacial score (nSPS) is 11.9. The Morgan fingerprint density at radius 1 is 1.12 bits per heavy atom. The van der Waals surface area contributed by atoms with Crippen LogP contribution in [0.1, 0.15) is 0 Å². The standard InChI is InChI=1S/C9H6Cl2N2O2S/c1-16(14,15)9-8(11)12-7-4-5(10)2-3-6(7)13-9/h2-4H,1H3. The van der Waals surface area contributed by atoms with Crippen LogP contribution >= 0.6 is 23.2 Å². The van der Waals surface area contributed by atoms with Crippen molar-refractivity contribution in [3.8, 4) is 0 Å². The minimum Gasteiger partial charge on any atom is -0.232 e. The number of halogens is 2. The zero-order valence-corrected chi connectivity index (χ0v) is 10.4. The summed E-state index contributed by atoms with van der Waals surface area (Å²) in [4.78, 5) is 7.89. The molecule has 0 bridgehead atoms. The van der Waals surface area contributed by atoms with Gasteiger partial charge in [-0.25, -0.2) is 18.4 Å². The number of sulfone groups is 1. The highest BCUT2D eigenvalue weighted by Crippen LogP contribution is 2.22. The van der Waals surface area contributed by atoms with E-state index < -0.39 is 9.84 Å². The Morgan fingerprint density at radius 2 is 1.81 bits per heavy atom. The van der Waals surface area contributed by atoms with Gasteiger partial charge in [0.05, 0.1) is 11.0 Å². The molecule has 2 aromatic rings. The van der Waals surface area contributed by atoms with E-state index in [1.807, 2.05) is 0 Å². The number of fused-ring (bicyclic) bond motifs is 1. The second-order valence-electron chi connectivity index (χ2n) is 3.22. The van der Waals surface area contributed by atoms with E-state index in [0.29, 0.717) is 16.1 Å².